The molecule has 0 fully saturated rings. The smallest absolute Gasteiger partial charge is 0.276 e. The van der Waals surface area contributed by atoms with Crippen molar-refractivity contribution in [1.29, 1.82) is 0 Å². The van der Waals surface area contributed by atoms with Crippen LogP contribution in [-0.2, 0) is 9.59 Å². The molecule has 2 N–H and O–H groups in total. The molecule has 27 heavy (non-hydrogen) atoms. The zero-order valence-corrected chi connectivity index (χ0v) is 15.6. The van der Waals surface area contributed by atoms with E-state index in [2.05, 4.69) is 10.9 Å². The Morgan fingerprint density at radius 2 is 1.70 bits per heavy atom. The molecule has 0 atom stereocenters. The molecule has 8 heteroatoms. The summed E-state index contributed by atoms with van der Waals surface area (Å²) < 4.78 is 15.6. The van der Waals surface area contributed by atoms with Crippen LogP contribution in [0.2, 0.25) is 5.02 Å². The van der Waals surface area contributed by atoms with E-state index in [1.807, 2.05) is 0 Å². The van der Waals surface area contributed by atoms with Gasteiger partial charge in [0.15, 0.2) is 18.1 Å². The number of halogens is 1. The molecule has 0 unspecified atom stereocenters. The maximum atomic E-state index is 11.8. The molecule has 7 nitrogen and oxygen atoms in total. The number of nitrogens with one attached hydrogen (secondary N) is 2. The number of benzene rings is 2. The molecular formula is C19H19ClN2O5. The summed E-state index contributed by atoms with van der Waals surface area (Å²) in [4.78, 5) is 23.5. The topological polar surface area (TPSA) is 85.9 Å². The van der Waals surface area contributed by atoms with Crippen molar-refractivity contribution in [3.8, 4) is 17.2 Å². The standard InChI is InChI=1S/C19H19ClN2O5/c1-25-16-9-3-13(11-17(16)26-2)4-10-18(23)21-22-19(24)12-27-15-7-5-14(20)6-8-15/h3-11H,12H2,1-2H3,(H,21,23)(H,22,24). The summed E-state index contributed by atoms with van der Waals surface area (Å²) in [6, 6.07) is 11.8. The molecule has 142 valence electrons. The lowest BCUT2D eigenvalue weighted by molar-refractivity contribution is -0.128. The minimum atomic E-state index is -0.502. The van der Waals surface area contributed by atoms with E-state index in [1.165, 1.54) is 13.2 Å². The Hall–Kier alpha value is -3.19. The van der Waals surface area contributed by atoms with Crippen molar-refractivity contribution in [2.75, 3.05) is 20.8 Å². The Morgan fingerprint density at radius 1 is 1.00 bits per heavy atom. The largest absolute Gasteiger partial charge is 0.493 e. The summed E-state index contributed by atoms with van der Waals surface area (Å²) in [5.74, 6) is 0.636. The highest BCUT2D eigenvalue weighted by atomic mass is 35.5. The number of carbonyl (C=O) groups is 2. The molecule has 0 aliphatic heterocycles. The first kappa shape index (κ1) is 20.1. The molecule has 0 aromatic heterocycles. The SMILES string of the molecule is COc1ccc(C=CC(=O)NNC(=O)COc2ccc(Cl)cc2)cc1OC. The summed E-state index contributed by atoms with van der Waals surface area (Å²) in [5.41, 5.74) is 5.26. The van der Waals surface area contributed by atoms with Crippen molar-refractivity contribution in [2.24, 2.45) is 0 Å². The van der Waals surface area contributed by atoms with Crippen LogP contribution in [0.4, 0.5) is 0 Å². The molecule has 0 saturated heterocycles. The van der Waals surface area contributed by atoms with E-state index in [1.54, 1.807) is 55.7 Å². The van der Waals surface area contributed by atoms with Crippen molar-refractivity contribution in [1.82, 2.24) is 10.9 Å². The van der Waals surface area contributed by atoms with Crippen LogP contribution in [0, 0.1) is 0 Å². The lowest BCUT2D eigenvalue weighted by Crippen LogP contribution is -2.43. The van der Waals surface area contributed by atoms with Crippen LogP contribution in [0.5, 0.6) is 17.2 Å². The van der Waals surface area contributed by atoms with Gasteiger partial charge in [0.2, 0.25) is 0 Å². The van der Waals surface area contributed by atoms with Gasteiger partial charge in [-0.1, -0.05) is 17.7 Å². The average molecular weight is 391 g/mol. The van der Waals surface area contributed by atoms with Gasteiger partial charge in [0.1, 0.15) is 5.75 Å². The first-order valence-electron chi connectivity index (χ1n) is 7.89. The lowest BCUT2D eigenvalue weighted by atomic mass is 10.2. The Kier molecular flexibility index (Phi) is 7.51. The van der Waals surface area contributed by atoms with Gasteiger partial charge < -0.3 is 14.2 Å². The number of hydrogen-bond acceptors (Lipinski definition) is 5. The summed E-state index contributed by atoms with van der Waals surface area (Å²) in [5, 5.41) is 0.570. The fourth-order valence-electron chi connectivity index (χ4n) is 2.02. The van der Waals surface area contributed by atoms with Gasteiger partial charge in [-0.15, -0.1) is 0 Å². The molecule has 0 aliphatic rings. The van der Waals surface area contributed by atoms with Crippen molar-refractivity contribution < 1.29 is 23.8 Å². The van der Waals surface area contributed by atoms with E-state index in [9.17, 15) is 9.59 Å². The molecule has 0 bridgehead atoms. The number of ether oxygens (including phenoxy) is 3. The molecule has 0 aliphatic carbocycles. The number of hydrazine groups is 1. The Morgan fingerprint density at radius 3 is 2.37 bits per heavy atom. The van der Waals surface area contributed by atoms with Crippen LogP contribution in [0.25, 0.3) is 6.08 Å². The van der Waals surface area contributed by atoms with Gasteiger partial charge in [-0.3, -0.25) is 20.4 Å². The van der Waals surface area contributed by atoms with Crippen molar-refractivity contribution in [2.45, 2.75) is 0 Å². The van der Waals surface area contributed by atoms with Crippen LogP contribution < -0.4 is 25.1 Å². The van der Waals surface area contributed by atoms with Crippen LogP contribution in [0.3, 0.4) is 0 Å². The second kappa shape index (κ2) is 10.1. The molecule has 0 radical (unpaired) electrons. The highest BCUT2D eigenvalue weighted by molar-refractivity contribution is 6.30. The number of amides is 2. The van der Waals surface area contributed by atoms with E-state index in [4.69, 9.17) is 25.8 Å². The zero-order chi connectivity index (χ0) is 19.6. The third-order valence-corrected chi connectivity index (χ3v) is 3.60. The number of rotatable bonds is 7. The highest BCUT2D eigenvalue weighted by Crippen LogP contribution is 2.27. The Bertz CT molecular complexity index is 821. The number of methoxy groups -OCH3 is 2. The minimum Gasteiger partial charge on any atom is -0.493 e. The first-order chi connectivity index (χ1) is 13.0. The number of hydrogen-bond donors (Lipinski definition) is 2. The van der Waals surface area contributed by atoms with Gasteiger partial charge in [0.05, 0.1) is 14.2 Å². The molecule has 0 spiro atoms. The summed E-state index contributed by atoms with van der Waals surface area (Å²) in [6.45, 7) is -0.249. The van der Waals surface area contributed by atoms with E-state index >= 15 is 0 Å². The Balaban J connectivity index is 1.78. The fourth-order valence-corrected chi connectivity index (χ4v) is 2.14. The minimum absolute atomic E-state index is 0.249. The van der Waals surface area contributed by atoms with E-state index in [-0.39, 0.29) is 6.61 Å². The summed E-state index contributed by atoms with van der Waals surface area (Å²) >= 11 is 5.76. The third-order valence-electron chi connectivity index (χ3n) is 3.34. The molecule has 0 saturated carbocycles. The van der Waals surface area contributed by atoms with Gasteiger partial charge in [0, 0.05) is 11.1 Å². The quantitative estimate of drug-likeness (QED) is 0.560. The third kappa shape index (κ3) is 6.56. The summed E-state index contributed by atoms with van der Waals surface area (Å²) in [6.07, 6.45) is 2.86. The van der Waals surface area contributed by atoms with Crippen molar-refractivity contribution >= 4 is 29.5 Å². The predicted octanol–water partition coefficient (Wildman–Crippen LogP) is 2.60. The maximum absolute atomic E-state index is 11.8. The van der Waals surface area contributed by atoms with E-state index < -0.39 is 11.8 Å². The second-order valence-corrected chi connectivity index (χ2v) is 5.66. The van der Waals surface area contributed by atoms with Crippen LogP contribution in [-0.4, -0.2) is 32.6 Å². The first-order valence-corrected chi connectivity index (χ1v) is 8.27. The maximum Gasteiger partial charge on any atom is 0.276 e. The molecular weight excluding hydrogens is 372 g/mol. The average Bonchev–Trinajstić information content (AvgIpc) is 2.69. The lowest BCUT2D eigenvalue weighted by Gasteiger charge is -2.08. The molecule has 2 rings (SSSR count). The monoisotopic (exact) mass is 390 g/mol. The second-order valence-electron chi connectivity index (χ2n) is 5.23. The highest BCUT2D eigenvalue weighted by Gasteiger charge is 2.05. The fraction of sp³-hybridized carbons (Fsp3) is 0.158. The predicted molar refractivity (Wildman–Crippen MR) is 102 cm³/mol. The molecule has 2 aromatic rings. The van der Waals surface area contributed by atoms with Crippen LogP contribution in [0.1, 0.15) is 5.56 Å². The van der Waals surface area contributed by atoms with E-state index in [0.29, 0.717) is 22.3 Å². The van der Waals surface area contributed by atoms with Gasteiger partial charge in [-0.05, 0) is 48.0 Å². The van der Waals surface area contributed by atoms with Gasteiger partial charge >= 0.3 is 0 Å². The van der Waals surface area contributed by atoms with Crippen molar-refractivity contribution in [3.05, 3.63) is 59.1 Å². The van der Waals surface area contributed by atoms with Crippen LogP contribution >= 0.6 is 11.6 Å². The Labute approximate surface area is 161 Å². The van der Waals surface area contributed by atoms with Crippen LogP contribution in [0.15, 0.2) is 48.5 Å². The van der Waals surface area contributed by atoms with Crippen molar-refractivity contribution in [3.63, 3.8) is 0 Å². The van der Waals surface area contributed by atoms with E-state index in [0.717, 1.165) is 5.56 Å². The molecule has 0 heterocycles. The normalized spacial score (nSPS) is 10.3. The number of carbonyl (C=O) groups excluding carboxylic acids is 2. The molecule has 2 aromatic carbocycles. The van der Waals surface area contributed by atoms with Gasteiger partial charge in [-0.2, -0.15) is 0 Å². The zero-order valence-electron chi connectivity index (χ0n) is 14.8. The molecule has 2 amide bonds. The summed E-state index contributed by atoms with van der Waals surface area (Å²) in [7, 11) is 3.07. The van der Waals surface area contributed by atoms with Gasteiger partial charge in [0.25, 0.3) is 11.8 Å². The van der Waals surface area contributed by atoms with Gasteiger partial charge in [-0.25, -0.2) is 0 Å².